The average molecular weight is 432 g/mol. The molecule has 2 aliphatic heterocycles. The van der Waals surface area contributed by atoms with Crippen LogP contribution in [0, 0.1) is 0 Å². The number of piperazine rings is 1. The molecule has 0 unspecified atom stereocenters. The number of hydrogen-bond donors (Lipinski definition) is 1. The number of nitrogens with one attached hydrogen (secondary N) is 1. The maximum absolute atomic E-state index is 13.2. The molecule has 2 fully saturated rings. The van der Waals surface area contributed by atoms with Crippen LogP contribution in [0.25, 0.3) is 0 Å². The third-order valence-electron chi connectivity index (χ3n) is 5.95. The number of halogens is 3. The lowest BCUT2D eigenvalue weighted by Gasteiger charge is -2.36. The van der Waals surface area contributed by atoms with Gasteiger partial charge >= 0.3 is 6.18 Å². The minimum absolute atomic E-state index is 0.0203. The predicted octanol–water partition coefficient (Wildman–Crippen LogP) is 4.07. The van der Waals surface area contributed by atoms with Crippen LogP contribution < -0.4 is 15.1 Å². The molecule has 0 aromatic heterocycles. The molecule has 166 valence electrons. The van der Waals surface area contributed by atoms with E-state index in [2.05, 4.69) is 15.1 Å². The zero-order chi connectivity index (χ0) is 21.8. The van der Waals surface area contributed by atoms with Crippen LogP contribution in [-0.2, 0) is 11.0 Å². The summed E-state index contributed by atoms with van der Waals surface area (Å²) in [6, 6.07) is 13.8. The summed E-state index contributed by atoms with van der Waals surface area (Å²) in [6.45, 7) is 4.27. The van der Waals surface area contributed by atoms with E-state index in [1.165, 1.54) is 6.07 Å². The normalized spacial score (nSPS) is 17.2. The standard InChI is InChI=1S/C23H27F3N4O/c24-23(25,26)18-8-9-21(29-10-4-5-11-29)20(16-18)27-17-22(31)30-14-12-28(13-15-30)19-6-2-1-3-7-19/h1-3,6-9,16,27H,4-5,10-15,17H2. The summed E-state index contributed by atoms with van der Waals surface area (Å²) in [6.07, 6.45) is -2.38. The molecule has 0 saturated carbocycles. The zero-order valence-corrected chi connectivity index (χ0v) is 17.4. The van der Waals surface area contributed by atoms with Crippen LogP contribution in [0.4, 0.5) is 30.2 Å². The highest BCUT2D eigenvalue weighted by atomic mass is 19.4. The molecule has 0 spiro atoms. The lowest BCUT2D eigenvalue weighted by atomic mass is 10.1. The van der Waals surface area contributed by atoms with Gasteiger partial charge in [0.1, 0.15) is 0 Å². The second-order valence-corrected chi connectivity index (χ2v) is 7.98. The number of hydrogen-bond acceptors (Lipinski definition) is 4. The van der Waals surface area contributed by atoms with Crippen LogP contribution in [0.3, 0.4) is 0 Å². The van der Waals surface area contributed by atoms with Gasteiger partial charge in [0.15, 0.2) is 0 Å². The van der Waals surface area contributed by atoms with Gasteiger partial charge in [-0.15, -0.1) is 0 Å². The third kappa shape index (κ3) is 5.06. The second kappa shape index (κ2) is 9.08. The summed E-state index contributed by atoms with van der Waals surface area (Å²) in [5.41, 5.74) is 1.52. The van der Waals surface area contributed by atoms with Gasteiger partial charge < -0.3 is 20.0 Å². The molecule has 2 aromatic rings. The van der Waals surface area contributed by atoms with Crippen molar-refractivity contribution in [1.29, 1.82) is 0 Å². The van der Waals surface area contributed by atoms with Crippen molar-refractivity contribution >= 4 is 23.0 Å². The first kappa shape index (κ1) is 21.3. The van der Waals surface area contributed by atoms with E-state index in [9.17, 15) is 18.0 Å². The van der Waals surface area contributed by atoms with Crippen LogP contribution in [0.1, 0.15) is 18.4 Å². The number of alkyl halides is 3. The first-order chi connectivity index (χ1) is 14.9. The molecule has 1 amide bonds. The highest BCUT2D eigenvalue weighted by Crippen LogP contribution is 2.36. The molecule has 2 heterocycles. The Bertz CT molecular complexity index is 889. The van der Waals surface area contributed by atoms with Crippen molar-refractivity contribution in [2.45, 2.75) is 19.0 Å². The van der Waals surface area contributed by atoms with Crippen molar-refractivity contribution in [2.24, 2.45) is 0 Å². The molecular formula is C23H27F3N4O. The third-order valence-corrected chi connectivity index (χ3v) is 5.95. The highest BCUT2D eigenvalue weighted by Gasteiger charge is 2.32. The van der Waals surface area contributed by atoms with Crippen LogP contribution >= 0.6 is 0 Å². The van der Waals surface area contributed by atoms with Gasteiger partial charge in [0.2, 0.25) is 5.91 Å². The SMILES string of the molecule is O=C(CNc1cc(C(F)(F)F)ccc1N1CCCC1)N1CCN(c2ccccc2)CC1. The summed E-state index contributed by atoms with van der Waals surface area (Å²) in [7, 11) is 0. The first-order valence-electron chi connectivity index (χ1n) is 10.7. The lowest BCUT2D eigenvalue weighted by molar-refractivity contribution is -0.137. The van der Waals surface area contributed by atoms with E-state index in [0.717, 1.165) is 62.5 Å². The summed E-state index contributed by atoms with van der Waals surface area (Å²) >= 11 is 0. The number of anilines is 3. The lowest BCUT2D eigenvalue weighted by Crippen LogP contribution is -2.50. The summed E-state index contributed by atoms with van der Waals surface area (Å²) in [4.78, 5) is 18.8. The van der Waals surface area contributed by atoms with Crippen LogP contribution in [0.15, 0.2) is 48.5 Å². The molecule has 2 saturated heterocycles. The minimum Gasteiger partial charge on any atom is -0.374 e. The molecule has 0 radical (unpaired) electrons. The number of amides is 1. The smallest absolute Gasteiger partial charge is 0.374 e. The van der Waals surface area contributed by atoms with Crippen molar-refractivity contribution in [2.75, 3.05) is 60.9 Å². The summed E-state index contributed by atoms with van der Waals surface area (Å²) < 4.78 is 39.7. The minimum atomic E-state index is -4.42. The van der Waals surface area contributed by atoms with E-state index < -0.39 is 11.7 Å². The van der Waals surface area contributed by atoms with E-state index in [1.807, 2.05) is 30.3 Å². The van der Waals surface area contributed by atoms with Crippen molar-refractivity contribution in [1.82, 2.24) is 4.90 Å². The maximum Gasteiger partial charge on any atom is 0.416 e. The highest BCUT2D eigenvalue weighted by molar-refractivity contribution is 5.83. The van der Waals surface area contributed by atoms with Crippen LogP contribution in [0.5, 0.6) is 0 Å². The number of benzene rings is 2. The molecule has 2 aliphatic rings. The maximum atomic E-state index is 13.2. The van der Waals surface area contributed by atoms with Gasteiger partial charge in [0.25, 0.3) is 0 Å². The number of nitrogens with zero attached hydrogens (tertiary/aromatic N) is 3. The van der Waals surface area contributed by atoms with Crippen LogP contribution in [-0.4, -0.2) is 56.6 Å². The fourth-order valence-electron chi connectivity index (χ4n) is 4.22. The van der Waals surface area contributed by atoms with Gasteiger partial charge in [-0.1, -0.05) is 18.2 Å². The number of carbonyl (C=O) groups excluding carboxylic acids is 1. The summed E-state index contributed by atoms with van der Waals surface area (Å²) in [5.74, 6) is -0.0995. The average Bonchev–Trinajstić information content (AvgIpc) is 3.32. The molecule has 31 heavy (non-hydrogen) atoms. The molecule has 8 heteroatoms. The fraction of sp³-hybridized carbons (Fsp3) is 0.435. The van der Waals surface area contributed by atoms with E-state index in [4.69, 9.17) is 0 Å². The molecule has 0 bridgehead atoms. The molecule has 1 N–H and O–H groups in total. The predicted molar refractivity (Wildman–Crippen MR) is 117 cm³/mol. The number of carbonyl (C=O) groups is 1. The van der Waals surface area contributed by atoms with Gasteiger partial charge in [-0.2, -0.15) is 13.2 Å². The Morgan fingerprint density at radius 3 is 2.19 bits per heavy atom. The number of para-hydroxylation sites is 1. The van der Waals surface area contributed by atoms with Gasteiger partial charge in [0.05, 0.1) is 23.5 Å². The van der Waals surface area contributed by atoms with E-state index in [0.29, 0.717) is 18.8 Å². The van der Waals surface area contributed by atoms with Crippen molar-refractivity contribution in [3.63, 3.8) is 0 Å². The van der Waals surface area contributed by atoms with Gasteiger partial charge in [-0.05, 0) is 43.2 Å². The van der Waals surface area contributed by atoms with Crippen LogP contribution in [0.2, 0.25) is 0 Å². The Hall–Kier alpha value is -2.90. The Balaban J connectivity index is 1.39. The van der Waals surface area contributed by atoms with Crippen molar-refractivity contribution in [3.05, 3.63) is 54.1 Å². The Morgan fingerprint density at radius 2 is 1.55 bits per heavy atom. The monoisotopic (exact) mass is 432 g/mol. The molecule has 0 aliphatic carbocycles. The van der Waals surface area contributed by atoms with Crippen molar-refractivity contribution < 1.29 is 18.0 Å². The van der Waals surface area contributed by atoms with Gasteiger partial charge in [-0.3, -0.25) is 4.79 Å². The zero-order valence-electron chi connectivity index (χ0n) is 17.4. The fourth-order valence-corrected chi connectivity index (χ4v) is 4.22. The molecule has 4 rings (SSSR count). The Kier molecular flexibility index (Phi) is 6.25. The topological polar surface area (TPSA) is 38.8 Å². The number of rotatable bonds is 5. The van der Waals surface area contributed by atoms with Gasteiger partial charge in [0, 0.05) is 45.0 Å². The van der Waals surface area contributed by atoms with E-state index in [-0.39, 0.29) is 12.5 Å². The summed E-state index contributed by atoms with van der Waals surface area (Å²) in [5, 5.41) is 3.00. The van der Waals surface area contributed by atoms with E-state index >= 15 is 0 Å². The second-order valence-electron chi connectivity index (χ2n) is 7.98. The molecule has 5 nitrogen and oxygen atoms in total. The largest absolute Gasteiger partial charge is 0.416 e. The Morgan fingerprint density at radius 1 is 0.871 bits per heavy atom. The molecule has 0 atom stereocenters. The Labute approximate surface area is 180 Å². The van der Waals surface area contributed by atoms with E-state index in [1.54, 1.807) is 4.90 Å². The van der Waals surface area contributed by atoms with Gasteiger partial charge in [-0.25, -0.2) is 0 Å². The quantitative estimate of drug-likeness (QED) is 0.773. The molecule has 2 aromatic carbocycles. The van der Waals surface area contributed by atoms with Crippen molar-refractivity contribution in [3.8, 4) is 0 Å². The first-order valence-corrected chi connectivity index (χ1v) is 10.7. The molecular weight excluding hydrogens is 405 g/mol.